The Bertz CT molecular complexity index is 971. The van der Waals surface area contributed by atoms with Crippen LogP contribution in [0.4, 0.5) is 0 Å². The maximum atomic E-state index is 13.3. The number of sulfonamides is 1. The molecule has 158 valence electrons. The van der Waals surface area contributed by atoms with Crippen LogP contribution in [0, 0.1) is 0 Å². The number of para-hydroxylation sites is 1. The Morgan fingerprint density at radius 1 is 1.28 bits per heavy atom. The second-order valence-electron chi connectivity index (χ2n) is 6.95. The largest absolute Gasteiger partial charge is 0.383 e. The van der Waals surface area contributed by atoms with Crippen molar-refractivity contribution in [2.24, 2.45) is 0 Å². The zero-order valence-electron chi connectivity index (χ0n) is 17.2. The Labute approximate surface area is 172 Å². The molecule has 1 aliphatic rings. The maximum Gasteiger partial charge on any atom is 0.274 e. The lowest BCUT2D eigenvalue weighted by atomic mass is 10.2. The summed E-state index contributed by atoms with van der Waals surface area (Å²) < 4.78 is 34.7. The number of methoxy groups -OCH3 is 1. The van der Waals surface area contributed by atoms with Crippen LogP contribution in [0.15, 0.2) is 35.5 Å². The number of amides is 1. The van der Waals surface area contributed by atoms with E-state index in [1.807, 2.05) is 6.92 Å². The van der Waals surface area contributed by atoms with Crippen LogP contribution in [-0.4, -0.2) is 66.4 Å². The van der Waals surface area contributed by atoms with Crippen molar-refractivity contribution in [3.63, 3.8) is 0 Å². The van der Waals surface area contributed by atoms with E-state index < -0.39 is 10.0 Å². The van der Waals surface area contributed by atoms with Gasteiger partial charge in [0.15, 0.2) is 5.69 Å². The van der Waals surface area contributed by atoms with E-state index in [1.54, 1.807) is 40.1 Å². The number of imidazole rings is 1. The number of aromatic nitrogens is 2. The first kappa shape index (κ1) is 21.5. The minimum absolute atomic E-state index is 0.0623. The predicted molar refractivity (Wildman–Crippen MR) is 110 cm³/mol. The van der Waals surface area contributed by atoms with Gasteiger partial charge in [0, 0.05) is 26.7 Å². The molecule has 9 heteroatoms. The summed E-state index contributed by atoms with van der Waals surface area (Å²) in [7, 11) is -2.20. The number of fused-ring (bicyclic) bond motifs is 3. The quantitative estimate of drug-likeness (QED) is 0.654. The van der Waals surface area contributed by atoms with Crippen LogP contribution in [0.25, 0.3) is 5.69 Å². The van der Waals surface area contributed by atoms with E-state index in [1.165, 1.54) is 11.4 Å². The average molecular weight is 421 g/mol. The molecule has 2 aromatic rings. The number of ether oxygens (including phenoxy) is 1. The first-order chi connectivity index (χ1) is 14.0. The van der Waals surface area contributed by atoms with E-state index in [4.69, 9.17) is 4.74 Å². The van der Waals surface area contributed by atoms with Crippen LogP contribution in [0.3, 0.4) is 0 Å². The number of carbonyl (C=O) groups excluding carboxylic acids is 1. The fraction of sp³-hybridized carbons (Fsp3) is 0.500. The van der Waals surface area contributed by atoms with Gasteiger partial charge < -0.3 is 9.64 Å². The van der Waals surface area contributed by atoms with Gasteiger partial charge >= 0.3 is 0 Å². The molecule has 3 rings (SSSR count). The molecule has 1 aromatic carbocycles. The van der Waals surface area contributed by atoms with Gasteiger partial charge in [-0.3, -0.25) is 9.36 Å². The van der Waals surface area contributed by atoms with Gasteiger partial charge in [0.2, 0.25) is 10.0 Å². The summed E-state index contributed by atoms with van der Waals surface area (Å²) in [5.41, 5.74) is 1.39. The van der Waals surface area contributed by atoms with Gasteiger partial charge in [-0.05, 0) is 25.5 Å². The average Bonchev–Trinajstić information content (AvgIpc) is 3.11. The molecule has 2 heterocycles. The van der Waals surface area contributed by atoms with Crippen molar-refractivity contribution < 1.29 is 17.9 Å². The number of nitrogens with zero attached hydrogens (tertiary/aromatic N) is 4. The molecule has 0 spiro atoms. The number of hydrogen-bond acceptors (Lipinski definition) is 5. The summed E-state index contributed by atoms with van der Waals surface area (Å²) in [4.78, 5) is 19.5. The zero-order chi connectivity index (χ0) is 21.0. The highest BCUT2D eigenvalue weighted by Crippen LogP contribution is 2.31. The van der Waals surface area contributed by atoms with Crippen molar-refractivity contribution in [3.05, 3.63) is 42.0 Å². The van der Waals surface area contributed by atoms with Crippen molar-refractivity contribution in [2.75, 3.05) is 33.4 Å². The Kier molecular flexibility index (Phi) is 6.71. The molecule has 0 atom stereocenters. The van der Waals surface area contributed by atoms with Gasteiger partial charge in [0.05, 0.1) is 24.5 Å². The van der Waals surface area contributed by atoms with Gasteiger partial charge in [-0.2, -0.15) is 4.31 Å². The van der Waals surface area contributed by atoms with Crippen molar-refractivity contribution in [1.29, 1.82) is 0 Å². The second-order valence-corrected chi connectivity index (χ2v) is 8.85. The van der Waals surface area contributed by atoms with Crippen LogP contribution in [0.5, 0.6) is 0 Å². The number of unbranched alkanes of at least 4 members (excludes halogenated alkanes) is 1. The minimum atomic E-state index is -3.73. The van der Waals surface area contributed by atoms with Gasteiger partial charge in [-0.1, -0.05) is 25.5 Å². The fourth-order valence-electron chi connectivity index (χ4n) is 3.47. The smallest absolute Gasteiger partial charge is 0.274 e. The van der Waals surface area contributed by atoms with E-state index >= 15 is 0 Å². The highest BCUT2D eigenvalue weighted by Gasteiger charge is 2.35. The summed E-state index contributed by atoms with van der Waals surface area (Å²) in [5, 5.41) is 0. The SMILES string of the molecule is CCCCN(CC)C(=O)c1ncn2c1CN(CCOC)S(=O)(=O)c1ccccc1-2. The molecule has 8 nitrogen and oxygen atoms in total. The van der Waals surface area contributed by atoms with E-state index in [0.717, 1.165) is 12.8 Å². The topological polar surface area (TPSA) is 84.7 Å². The first-order valence-corrected chi connectivity index (χ1v) is 11.3. The Morgan fingerprint density at radius 3 is 2.72 bits per heavy atom. The molecule has 0 radical (unpaired) electrons. The first-order valence-electron chi connectivity index (χ1n) is 9.89. The lowest BCUT2D eigenvalue weighted by Gasteiger charge is -2.22. The standard InChI is InChI=1S/C20H28N4O4S/c1-4-6-11-22(5-2)20(25)19-17-14-23(12-13-28-3)29(26,27)18-10-8-7-9-16(18)24(17)15-21-19/h7-10,15H,4-6,11-14H2,1-3H3. The number of carbonyl (C=O) groups is 1. The lowest BCUT2D eigenvalue weighted by molar-refractivity contribution is 0.0755. The van der Waals surface area contributed by atoms with Crippen LogP contribution in [0.2, 0.25) is 0 Å². The van der Waals surface area contributed by atoms with Crippen LogP contribution >= 0.6 is 0 Å². The third-order valence-electron chi connectivity index (χ3n) is 5.13. The Morgan fingerprint density at radius 2 is 2.03 bits per heavy atom. The minimum Gasteiger partial charge on any atom is -0.383 e. The van der Waals surface area contributed by atoms with Gasteiger partial charge in [0.25, 0.3) is 5.91 Å². The molecule has 0 aliphatic carbocycles. The molecule has 0 bridgehead atoms. The van der Waals surface area contributed by atoms with E-state index in [-0.39, 0.29) is 30.5 Å². The summed E-state index contributed by atoms with van der Waals surface area (Å²) in [6.07, 6.45) is 3.44. The van der Waals surface area contributed by atoms with E-state index in [9.17, 15) is 13.2 Å². The van der Waals surface area contributed by atoms with Gasteiger partial charge in [0.1, 0.15) is 11.2 Å². The monoisotopic (exact) mass is 420 g/mol. The second kappa shape index (κ2) is 9.06. The van der Waals surface area contributed by atoms with E-state index in [0.29, 0.717) is 30.2 Å². The molecule has 1 amide bonds. The molecule has 0 saturated carbocycles. The molecule has 0 unspecified atom stereocenters. The molecule has 0 saturated heterocycles. The van der Waals surface area contributed by atoms with Crippen LogP contribution in [-0.2, 0) is 21.3 Å². The van der Waals surface area contributed by atoms with Crippen LogP contribution < -0.4 is 0 Å². The molecular weight excluding hydrogens is 392 g/mol. The normalized spacial score (nSPS) is 15.4. The van der Waals surface area contributed by atoms with Crippen molar-refractivity contribution in [2.45, 2.75) is 38.1 Å². The molecule has 0 fully saturated rings. The molecule has 29 heavy (non-hydrogen) atoms. The lowest BCUT2D eigenvalue weighted by Crippen LogP contribution is -2.35. The molecule has 1 aromatic heterocycles. The van der Waals surface area contributed by atoms with Gasteiger partial charge in [-0.15, -0.1) is 0 Å². The summed E-state index contributed by atoms with van der Waals surface area (Å²) in [5.74, 6) is -0.168. The van der Waals surface area contributed by atoms with Gasteiger partial charge in [-0.25, -0.2) is 13.4 Å². The summed E-state index contributed by atoms with van der Waals surface area (Å²) in [6.45, 7) is 5.76. The fourth-order valence-corrected chi connectivity index (χ4v) is 5.04. The van der Waals surface area contributed by atoms with E-state index in [2.05, 4.69) is 11.9 Å². The Hall–Kier alpha value is -2.23. The van der Waals surface area contributed by atoms with Crippen LogP contribution in [0.1, 0.15) is 42.9 Å². The highest BCUT2D eigenvalue weighted by atomic mass is 32.2. The predicted octanol–water partition coefficient (Wildman–Crippen LogP) is 2.29. The third kappa shape index (κ3) is 4.08. The number of rotatable bonds is 8. The summed E-state index contributed by atoms with van der Waals surface area (Å²) >= 11 is 0. The maximum absolute atomic E-state index is 13.3. The number of hydrogen-bond donors (Lipinski definition) is 0. The van der Waals surface area contributed by atoms with Crippen molar-refractivity contribution >= 4 is 15.9 Å². The third-order valence-corrected chi connectivity index (χ3v) is 7.03. The van der Waals surface area contributed by atoms with Crippen molar-refractivity contribution in [3.8, 4) is 5.69 Å². The zero-order valence-corrected chi connectivity index (χ0v) is 18.0. The summed E-state index contributed by atoms with van der Waals surface area (Å²) in [6, 6.07) is 6.80. The molecular formula is C20H28N4O4S. The Balaban J connectivity index is 2.10. The highest BCUT2D eigenvalue weighted by molar-refractivity contribution is 7.89. The van der Waals surface area contributed by atoms with Crippen molar-refractivity contribution in [1.82, 2.24) is 18.8 Å². The molecule has 1 aliphatic heterocycles. The molecule has 0 N–H and O–H groups in total. The number of benzene rings is 1.